The molecular weight excluding hydrogens is 116 g/mol. The summed E-state index contributed by atoms with van der Waals surface area (Å²) in [6.45, 7) is 4.11. The van der Waals surface area contributed by atoms with Gasteiger partial charge in [-0.1, -0.05) is 5.21 Å². The highest BCUT2D eigenvalue weighted by molar-refractivity contribution is 5.16. The van der Waals surface area contributed by atoms with Crippen LogP contribution in [0.3, 0.4) is 0 Å². The normalized spacial score (nSPS) is 10.6. The highest BCUT2D eigenvalue weighted by atomic mass is 15.4. The first-order valence-electron chi connectivity index (χ1n) is 2.92. The molecule has 4 nitrogen and oxygen atoms in total. The molecule has 3 N–H and O–H groups in total. The first-order chi connectivity index (χ1) is 4.20. The lowest BCUT2D eigenvalue weighted by Gasteiger charge is -1.93. The van der Waals surface area contributed by atoms with E-state index in [9.17, 15) is 0 Å². The number of hydrogen-bond donors (Lipinski definition) is 2. The van der Waals surface area contributed by atoms with Crippen molar-refractivity contribution in [3.63, 3.8) is 0 Å². The van der Waals surface area contributed by atoms with Crippen LogP contribution in [0.25, 0.3) is 0 Å². The summed E-state index contributed by atoms with van der Waals surface area (Å²) in [5.41, 5.74) is 5.35. The number of hydrogen-bond acceptors (Lipinski definition) is 2. The van der Waals surface area contributed by atoms with Crippen LogP contribution in [0.4, 0.5) is 5.82 Å². The van der Waals surface area contributed by atoms with Crippen molar-refractivity contribution in [3.8, 4) is 0 Å². The molecule has 0 amide bonds. The summed E-state index contributed by atoms with van der Waals surface area (Å²) in [7, 11) is 0. The van der Waals surface area contributed by atoms with Gasteiger partial charge in [0.05, 0.1) is 5.10 Å². The van der Waals surface area contributed by atoms with E-state index in [0.717, 1.165) is 0 Å². The highest BCUT2D eigenvalue weighted by Crippen LogP contribution is 1.90. The molecule has 0 aromatic carbocycles. The van der Waals surface area contributed by atoms with Crippen LogP contribution < -0.4 is 10.4 Å². The Hall–Kier alpha value is -1.06. The first kappa shape index (κ1) is 6.07. The maximum atomic E-state index is 5.35. The molecule has 9 heavy (non-hydrogen) atoms. The summed E-state index contributed by atoms with van der Waals surface area (Å²) in [4.78, 5) is 0. The van der Waals surface area contributed by atoms with E-state index in [1.165, 1.54) is 0 Å². The molecule has 1 rings (SSSR count). The Balaban J connectivity index is 2.85. The molecule has 0 unspecified atom stereocenters. The Morgan fingerprint density at radius 1 is 1.78 bits per heavy atom. The minimum absolute atomic E-state index is 0.398. The van der Waals surface area contributed by atoms with E-state index in [1.807, 2.05) is 4.68 Å². The molecule has 0 spiro atoms. The number of H-pyrrole nitrogens is 1. The minimum Gasteiger partial charge on any atom is -0.358 e. The number of nitrogens with one attached hydrogen (secondary N) is 1. The Morgan fingerprint density at radius 2 is 2.44 bits per heavy atom. The van der Waals surface area contributed by atoms with Crippen LogP contribution in [-0.4, -0.2) is 10.3 Å². The summed E-state index contributed by atoms with van der Waals surface area (Å²) in [5.74, 6) is 0.531. The average Bonchev–Trinajstić information content (AvgIpc) is 2.14. The molecule has 0 aliphatic rings. The van der Waals surface area contributed by atoms with Crippen molar-refractivity contribution in [3.05, 3.63) is 6.20 Å². The van der Waals surface area contributed by atoms with E-state index in [2.05, 4.69) is 24.2 Å². The van der Waals surface area contributed by atoms with E-state index in [-0.39, 0.29) is 0 Å². The zero-order valence-electron chi connectivity index (χ0n) is 5.63. The van der Waals surface area contributed by atoms with Crippen molar-refractivity contribution >= 4 is 5.82 Å². The second kappa shape index (κ2) is 2.05. The molecule has 0 radical (unpaired) electrons. The van der Waals surface area contributed by atoms with Gasteiger partial charge in [0, 0.05) is 0 Å². The van der Waals surface area contributed by atoms with Crippen molar-refractivity contribution in [1.29, 1.82) is 0 Å². The van der Waals surface area contributed by atoms with Crippen LogP contribution >= 0.6 is 0 Å². The zero-order valence-corrected chi connectivity index (χ0v) is 5.63. The molecule has 0 aliphatic carbocycles. The third-order valence-corrected chi connectivity index (χ3v) is 1.12. The Morgan fingerprint density at radius 3 is 2.67 bits per heavy atom. The van der Waals surface area contributed by atoms with Crippen molar-refractivity contribution in [2.24, 2.45) is 0 Å². The lowest BCUT2D eigenvalue weighted by atomic mass is 10.4. The van der Waals surface area contributed by atoms with Crippen molar-refractivity contribution in [1.82, 2.24) is 10.3 Å². The van der Waals surface area contributed by atoms with E-state index in [4.69, 9.17) is 5.73 Å². The standard InChI is InChI=1S/C5H10N4/c1-4(2)9-3-5(6)7-8-9/h3-4H,6H2,1-2H3/p+1. The van der Waals surface area contributed by atoms with Crippen LogP contribution in [0.15, 0.2) is 6.20 Å². The summed E-state index contributed by atoms with van der Waals surface area (Å²) in [5, 5.41) is 6.50. The molecule has 50 valence electrons. The van der Waals surface area contributed by atoms with Gasteiger partial charge in [0.15, 0.2) is 6.20 Å². The minimum atomic E-state index is 0.398. The van der Waals surface area contributed by atoms with Gasteiger partial charge in [-0.2, -0.15) is 4.68 Å². The van der Waals surface area contributed by atoms with Gasteiger partial charge >= 0.3 is 5.82 Å². The number of anilines is 1. The molecule has 0 saturated carbocycles. The van der Waals surface area contributed by atoms with Crippen LogP contribution in [0, 0.1) is 0 Å². The molecule has 4 heteroatoms. The maximum absolute atomic E-state index is 5.35. The van der Waals surface area contributed by atoms with E-state index in [0.29, 0.717) is 11.9 Å². The number of aromatic nitrogens is 3. The average molecular weight is 127 g/mol. The second-order valence-electron chi connectivity index (χ2n) is 2.27. The van der Waals surface area contributed by atoms with Crippen molar-refractivity contribution in [2.75, 3.05) is 5.73 Å². The number of nitrogens with zero attached hydrogens (tertiary/aromatic N) is 2. The van der Waals surface area contributed by atoms with Crippen LogP contribution in [0.2, 0.25) is 0 Å². The van der Waals surface area contributed by atoms with Crippen LogP contribution in [0.5, 0.6) is 0 Å². The SMILES string of the molecule is CC(C)[n+]1cc(N)n[nH]1. The monoisotopic (exact) mass is 127 g/mol. The van der Waals surface area contributed by atoms with E-state index in [1.54, 1.807) is 6.20 Å². The quantitative estimate of drug-likeness (QED) is 0.516. The van der Waals surface area contributed by atoms with Gasteiger partial charge in [0.1, 0.15) is 6.04 Å². The predicted molar refractivity (Wildman–Crippen MR) is 33.6 cm³/mol. The predicted octanol–water partition coefficient (Wildman–Crippen LogP) is -0.140. The Kier molecular flexibility index (Phi) is 1.38. The van der Waals surface area contributed by atoms with Gasteiger partial charge in [-0.25, -0.2) is 0 Å². The smallest absolute Gasteiger partial charge is 0.305 e. The second-order valence-corrected chi connectivity index (χ2v) is 2.27. The fraction of sp³-hybridized carbons (Fsp3) is 0.600. The fourth-order valence-electron chi connectivity index (χ4n) is 0.580. The van der Waals surface area contributed by atoms with Crippen LogP contribution in [0.1, 0.15) is 19.9 Å². The molecule has 1 aromatic rings. The fourth-order valence-corrected chi connectivity index (χ4v) is 0.580. The van der Waals surface area contributed by atoms with Gasteiger partial charge in [0.25, 0.3) is 0 Å². The molecule has 0 fully saturated rings. The molecule has 1 aromatic heterocycles. The number of aromatic amines is 1. The number of nitrogens with two attached hydrogens (primary N) is 1. The molecule has 0 aliphatic heterocycles. The van der Waals surface area contributed by atoms with Gasteiger partial charge in [-0.15, -0.1) is 0 Å². The molecule has 0 atom stereocenters. The summed E-state index contributed by atoms with van der Waals surface area (Å²) >= 11 is 0. The molecule has 1 heterocycles. The van der Waals surface area contributed by atoms with E-state index < -0.39 is 0 Å². The topological polar surface area (TPSA) is 58.6 Å². The van der Waals surface area contributed by atoms with Crippen molar-refractivity contribution < 1.29 is 4.68 Å². The van der Waals surface area contributed by atoms with Gasteiger partial charge in [-0.3, -0.25) is 0 Å². The first-order valence-corrected chi connectivity index (χ1v) is 2.92. The maximum Gasteiger partial charge on any atom is 0.305 e. The Labute approximate surface area is 53.7 Å². The Bertz CT molecular complexity index is 191. The lowest BCUT2D eigenvalue weighted by molar-refractivity contribution is -0.770. The highest BCUT2D eigenvalue weighted by Gasteiger charge is 2.06. The third-order valence-electron chi connectivity index (χ3n) is 1.12. The third kappa shape index (κ3) is 1.19. The van der Waals surface area contributed by atoms with Crippen molar-refractivity contribution in [2.45, 2.75) is 19.9 Å². The largest absolute Gasteiger partial charge is 0.358 e. The van der Waals surface area contributed by atoms with Crippen LogP contribution in [-0.2, 0) is 0 Å². The summed E-state index contributed by atoms with van der Waals surface area (Å²) in [6.07, 6.45) is 1.77. The zero-order chi connectivity index (χ0) is 6.85. The van der Waals surface area contributed by atoms with Gasteiger partial charge in [-0.05, 0) is 13.8 Å². The van der Waals surface area contributed by atoms with E-state index >= 15 is 0 Å². The van der Waals surface area contributed by atoms with Gasteiger partial charge < -0.3 is 5.73 Å². The molecule has 0 saturated heterocycles. The lowest BCUT2D eigenvalue weighted by Crippen LogP contribution is -2.37. The summed E-state index contributed by atoms with van der Waals surface area (Å²) < 4.78 is 1.84. The molecule has 0 bridgehead atoms. The summed E-state index contributed by atoms with van der Waals surface area (Å²) in [6, 6.07) is 0.398. The number of rotatable bonds is 1. The van der Waals surface area contributed by atoms with Gasteiger partial charge in [0.2, 0.25) is 0 Å². The number of nitrogen functional groups attached to an aromatic ring is 1. The molecular formula is C5H11N4+.